The first-order valence-corrected chi connectivity index (χ1v) is 8.78. The maximum absolute atomic E-state index is 12.6. The summed E-state index contributed by atoms with van der Waals surface area (Å²) in [5.41, 5.74) is 0.980. The lowest BCUT2D eigenvalue weighted by molar-refractivity contribution is -0.173. The van der Waals surface area contributed by atoms with Crippen LogP contribution in [-0.4, -0.2) is 21.2 Å². The van der Waals surface area contributed by atoms with Crippen LogP contribution in [0, 0.1) is 5.41 Å². The molecule has 1 saturated carbocycles. The van der Waals surface area contributed by atoms with E-state index < -0.39 is 0 Å². The molecule has 21 heavy (non-hydrogen) atoms. The number of alkyl halides is 1. The largest absolute Gasteiger partial charge is 0.332 e. The average molecular weight is 350 g/mol. The Morgan fingerprint density at radius 1 is 1.14 bits per heavy atom. The molecular formula is C18H24BrNO. The van der Waals surface area contributed by atoms with Crippen LogP contribution < -0.4 is 0 Å². The molecule has 2 nitrogen and oxygen atoms in total. The van der Waals surface area contributed by atoms with Gasteiger partial charge in [0.05, 0.1) is 11.5 Å². The lowest BCUT2D eigenvalue weighted by Gasteiger charge is -2.60. The molecule has 1 aromatic rings. The normalized spacial score (nSPS) is 27.3. The monoisotopic (exact) mass is 349 g/mol. The first-order valence-electron chi connectivity index (χ1n) is 7.99. The molecule has 0 radical (unpaired) electrons. The Morgan fingerprint density at radius 3 is 2.38 bits per heavy atom. The summed E-state index contributed by atoms with van der Waals surface area (Å²) in [6.07, 6.45) is 6.23. The van der Waals surface area contributed by atoms with Gasteiger partial charge in [-0.2, -0.15) is 0 Å². The molecule has 1 atom stereocenters. The molecule has 1 aromatic carbocycles. The van der Waals surface area contributed by atoms with Crippen LogP contribution in [0.5, 0.6) is 0 Å². The van der Waals surface area contributed by atoms with Crippen molar-refractivity contribution >= 4 is 21.8 Å². The Kier molecular flexibility index (Phi) is 3.89. The highest BCUT2D eigenvalue weighted by Gasteiger charge is 2.61. The molecule has 1 aliphatic heterocycles. The highest BCUT2D eigenvalue weighted by molar-refractivity contribution is 9.10. The minimum atomic E-state index is -0.240. The molecule has 114 valence electrons. The number of β-lactam (4-membered cyclic amide) rings is 1. The standard InChI is InChI=1S/C18H24BrNO/c1-17(2)15(18(19)11-7-4-8-12-18)20(16(17)21)13-14-9-5-3-6-10-14/h3,5-6,9-10,15H,4,7-8,11-13H2,1-2H3. The number of halogens is 1. The highest BCUT2D eigenvalue weighted by atomic mass is 79.9. The van der Waals surface area contributed by atoms with Gasteiger partial charge < -0.3 is 4.90 Å². The van der Waals surface area contributed by atoms with Crippen LogP contribution in [0.15, 0.2) is 30.3 Å². The Morgan fingerprint density at radius 2 is 1.76 bits per heavy atom. The molecule has 0 bridgehead atoms. The second kappa shape index (κ2) is 5.42. The number of carbonyl (C=O) groups is 1. The molecule has 0 aromatic heterocycles. The summed E-state index contributed by atoms with van der Waals surface area (Å²) in [5.74, 6) is 0.292. The van der Waals surface area contributed by atoms with E-state index in [9.17, 15) is 4.79 Å². The lowest BCUT2D eigenvalue weighted by atomic mass is 9.64. The van der Waals surface area contributed by atoms with Crippen molar-refractivity contribution in [2.24, 2.45) is 5.41 Å². The van der Waals surface area contributed by atoms with Gasteiger partial charge in [0, 0.05) is 10.9 Å². The maximum atomic E-state index is 12.6. The lowest BCUT2D eigenvalue weighted by Crippen LogP contribution is -2.72. The second-order valence-electron chi connectivity index (χ2n) is 7.14. The van der Waals surface area contributed by atoms with Crippen molar-refractivity contribution < 1.29 is 4.79 Å². The number of likely N-dealkylation sites (tertiary alicyclic amines) is 1. The number of hydrogen-bond donors (Lipinski definition) is 0. The quantitative estimate of drug-likeness (QED) is 0.580. The molecule has 1 aliphatic carbocycles. The van der Waals surface area contributed by atoms with E-state index in [1.807, 2.05) is 18.2 Å². The molecule has 1 amide bonds. The van der Waals surface area contributed by atoms with Crippen molar-refractivity contribution in [2.75, 3.05) is 0 Å². The topological polar surface area (TPSA) is 20.3 Å². The van der Waals surface area contributed by atoms with E-state index in [4.69, 9.17) is 0 Å². The van der Waals surface area contributed by atoms with Crippen LogP contribution in [0.4, 0.5) is 0 Å². The molecular weight excluding hydrogens is 326 g/mol. The van der Waals surface area contributed by atoms with Gasteiger partial charge in [0.25, 0.3) is 0 Å². The third-order valence-corrected chi connectivity index (χ3v) is 6.40. The Labute approximate surface area is 136 Å². The summed E-state index contributed by atoms with van der Waals surface area (Å²) in [6.45, 7) is 4.96. The van der Waals surface area contributed by atoms with Gasteiger partial charge in [0.1, 0.15) is 0 Å². The minimum Gasteiger partial charge on any atom is -0.332 e. The van der Waals surface area contributed by atoms with Crippen molar-refractivity contribution in [2.45, 2.75) is 62.9 Å². The summed E-state index contributed by atoms with van der Waals surface area (Å²) >= 11 is 4.04. The summed E-state index contributed by atoms with van der Waals surface area (Å²) in [7, 11) is 0. The molecule has 0 N–H and O–H groups in total. The highest BCUT2D eigenvalue weighted by Crippen LogP contribution is 2.53. The van der Waals surface area contributed by atoms with Crippen molar-refractivity contribution in [3.63, 3.8) is 0 Å². The Bertz CT molecular complexity index is 519. The first kappa shape index (κ1) is 15.1. The SMILES string of the molecule is CC1(C)C(=O)N(Cc2ccccc2)C1C1(Br)CCCCC1. The van der Waals surface area contributed by atoms with E-state index in [0.29, 0.717) is 11.9 Å². The van der Waals surface area contributed by atoms with Crippen molar-refractivity contribution in [3.05, 3.63) is 35.9 Å². The molecule has 3 heteroatoms. The maximum Gasteiger partial charge on any atom is 0.230 e. The zero-order valence-electron chi connectivity index (χ0n) is 12.9. The summed E-state index contributed by atoms with van der Waals surface area (Å²) in [4.78, 5) is 14.7. The number of rotatable bonds is 3. The van der Waals surface area contributed by atoms with E-state index >= 15 is 0 Å². The van der Waals surface area contributed by atoms with Gasteiger partial charge in [-0.3, -0.25) is 4.79 Å². The molecule has 1 saturated heterocycles. The van der Waals surface area contributed by atoms with E-state index in [0.717, 1.165) is 6.54 Å². The smallest absolute Gasteiger partial charge is 0.230 e. The molecule has 2 fully saturated rings. The van der Waals surface area contributed by atoms with Crippen LogP contribution in [0.1, 0.15) is 51.5 Å². The summed E-state index contributed by atoms with van der Waals surface area (Å²) < 4.78 is 0.109. The van der Waals surface area contributed by atoms with E-state index in [-0.39, 0.29) is 9.74 Å². The van der Waals surface area contributed by atoms with Gasteiger partial charge in [-0.05, 0) is 32.3 Å². The van der Waals surface area contributed by atoms with Crippen LogP contribution in [-0.2, 0) is 11.3 Å². The second-order valence-corrected chi connectivity index (χ2v) is 8.72. The molecule has 2 aliphatic rings. The predicted octanol–water partition coefficient (Wildman–Crippen LogP) is 4.52. The van der Waals surface area contributed by atoms with Crippen LogP contribution in [0.2, 0.25) is 0 Å². The van der Waals surface area contributed by atoms with Gasteiger partial charge in [-0.1, -0.05) is 65.5 Å². The number of carbonyl (C=O) groups excluding carboxylic acids is 1. The number of hydrogen-bond acceptors (Lipinski definition) is 1. The fourth-order valence-corrected chi connectivity index (χ4v) is 5.59. The number of amides is 1. The van der Waals surface area contributed by atoms with E-state index in [2.05, 4.69) is 46.8 Å². The zero-order chi connectivity index (χ0) is 15.1. The number of benzene rings is 1. The van der Waals surface area contributed by atoms with Gasteiger partial charge in [-0.25, -0.2) is 0 Å². The van der Waals surface area contributed by atoms with E-state index in [1.165, 1.54) is 37.7 Å². The molecule has 3 rings (SSSR count). The van der Waals surface area contributed by atoms with Crippen LogP contribution in [0.3, 0.4) is 0 Å². The Hall–Kier alpha value is -0.830. The van der Waals surface area contributed by atoms with Crippen LogP contribution in [0.25, 0.3) is 0 Å². The average Bonchev–Trinajstić information content (AvgIpc) is 2.47. The van der Waals surface area contributed by atoms with E-state index in [1.54, 1.807) is 0 Å². The number of nitrogens with zero attached hydrogens (tertiary/aromatic N) is 1. The van der Waals surface area contributed by atoms with Crippen LogP contribution >= 0.6 is 15.9 Å². The summed E-state index contributed by atoms with van der Waals surface area (Å²) in [5, 5.41) is 0. The summed E-state index contributed by atoms with van der Waals surface area (Å²) in [6, 6.07) is 10.6. The molecule has 1 heterocycles. The fraction of sp³-hybridized carbons (Fsp3) is 0.611. The predicted molar refractivity (Wildman–Crippen MR) is 89.3 cm³/mol. The minimum absolute atomic E-state index is 0.109. The van der Waals surface area contributed by atoms with Crippen molar-refractivity contribution in [3.8, 4) is 0 Å². The van der Waals surface area contributed by atoms with Crippen molar-refractivity contribution in [1.29, 1.82) is 0 Å². The van der Waals surface area contributed by atoms with Crippen molar-refractivity contribution in [1.82, 2.24) is 4.90 Å². The Balaban J connectivity index is 1.83. The van der Waals surface area contributed by atoms with Gasteiger partial charge in [0.2, 0.25) is 5.91 Å². The zero-order valence-corrected chi connectivity index (χ0v) is 14.5. The third-order valence-electron chi connectivity index (χ3n) is 5.18. The fourth-order valence-electron chi connectivity index (χ4n) is 4.21. The van der Waals surface area contributed by atoms with Gasteiger partial charge in [-0.15, -0.1) is 0 Å². The first-order chi connectivity index (χ1) is 9.95. The third kappa shape index (κ3) is 2.54. The van der Waals surface area contributed by atoms with Gasteiger partial charge in [0.15, 0.2) is 0 Å². The molecule has 1 unspecified atom stereocenters. The van der Waals surface area contributed by atoms with Gasteiger partial charge >= 0.3 is 0 Å². The molecule has 0 spiro atoms.